The Labute approximate surface area is 90.2 Å². The quantitative estimate of drug-likeness (QED) is 0.767. The van der Waals surface area contributed by atoms with Crippen molar-refractivity contribution in [1.82, 2.24) is 0 Å². The molecule has 1 aromatic rings. The van der Waals surface area contributed by atoms with E-state index in [4.69, 9.17) is 4.74 Å². The van der Waals surface area contributed by atoms with Crippen molar-refractivity contribution in [2.75, 3.05) is 7.11 Å². The van der Waals surface area contributed by atoms with Gasteiger partial charge in [0, 0.05) is 6.07 Å². The van der Waals surface area contributed by atoms with Gasteiger partial charge >= 0.3 is 0 Å². The zero-order chi connectivity index (χ0) is 10.7. The molecule has 0 unspecified atom stereocenters. The number of rotatable bonds is 3. The average molecular weight is 204 g/mol. The summed E-state index contributed by atoms with van der Waals surface area (Å²) in [5, 5.41) is 9.78. The molecule has 2 heteroatoms. The normalized spacial score (nSPS) is 15.8. The van der Waals surface area contributed by atoms with Gasteiger partial charge in [-0.1, -0.05) is 18.2 Å². The van der Waals surface area contributed by atoms with Crippen molar-refractivity contribution in [3.8, 4) is 11.5 Å². The molecule has 0 aromatic heterocycles. The van der Waals surface area contributed by atoms with Crippen LogP contribution in [0.2, 0.25) is 0 Å². The Balaban J connectivity index is 2.07. The zero-order valence-electron chi connectivity index (χ0n) is 8.94. The molecule has 0 amide bonds. The Morgan fingerprint density at radius 2 is 2.07 bits per heavy atom. The van der Waals surface area contributed by atoms with E-state index < -0.39 is 0 Å². The highest BCUT2D eigenvalue weighted by atomic mass is 16.5. The van der Waals surface area contributed by atoms with Crippen LogP contribution in [0.5, 0.6) is 11.5 Å². The summed E-state index contributed by atoms with van der Waals surface area (Å²) in [6, 6.07) is 5.53. The molecule has 0 saturated carbocycles. The van der Waals surface area contributed by atoms with Crippen molar-refractivity contribution in [3.05, 3.63) is 35.9 Å². The molecule has 80 valence electrons. The highest BCUT2D eigenvalue weighted by Gasteiger charge is 2.13. The number of allylic oxidation sites excluding steroid dienone is 2. The fourth-order valence-corrected chi connectivity index (χ4v) is 1.99. The Morgan fingerprint density at radius 3 is 2.67 bits per heavy atom. The van der Waals surface area contributed by atoms with Gasteiger partial charge < -0.3 is 9.84 Å². The smallest absolute Gasteiger partial charge is 0.122 e. The van der Waals surface area contributed by atoms with Crippen LogP contribution in [0.25, 0.3) is 0 Å². The minimum Gasteiger partial charge on any atom is -0.508 e. The van der Waals surface area contributed by atoms with E-state index in [-0.39, 0.29) is 0 Å². The summed E-state index contributed by atoms with van der Waals surface area (Å²) in [5.74, 6) is 1.71. The third-order valence-corrected chi connectivity index (χ3v) is 2.91. The number of phenols is 1. The second-order valence-electron chi connectivity index (χ2n) is 4.01. The largest absolute Gasteiger partial charge is 0.508 e. The van der Waals surface area contributed by atoms with Crippen molar-refractivity contribution >= 4 is 0 Å². The van der Waals surface area contributed by atoms with Crippen molar-refractivity contribution in [2.24, 2.45) is 5.92 Å². The second kappa shape index (κ2) is 4.39. The van der Waals surface area contributed by atoms with Gasteiger partial charge in [-0.15, -0.1) is 0 Å². The highest BCUT2D eigenvalue weighted by Crippen LogP contribution is 2.29. The van der Waals surface area contributed by atoms with E-state index in [2.05, 4.69) is 12.2 Å². The Bertz CT molecular complexity index is 361. The van der Waals surface area contributed by atoms with E-state index in [0.717, 1.165) is 24.8 Å². The average Bonchev–Trinajstić information content (AvgIpc) is 2.74. The fourth-order valence-electron chi connectivity index (χ4n) is 1.99. The van der Waals surface area contributed by atoms with Crippen LogP contribution in [0, 0.1) is 5.92 Å². The van der Waals surface area contributed by atoms with Gasteiger partial charge in [0.25, 0.3) is 0 Å². The molecule has 0 radical (unpaired) electrons. The van der Waals surface area contributed by atoms with Crippen molar-refractivity contribution in [3.63, 3.8) is 0 Å². The minimum absolute atomic E-state index is 0.348. The fraction of sp³-hybridized carbons (Fsp3) is 0.385. The first kappa shape index (κ1) is 10.1. The molecule has 0 bridgehead atoms. The number of hydrogen-bond donors (Lipinski definition) is 1. The molecule has 0 aliphatic heterocycles. The predicted molar refractivity (Wildman–Crippen MR) is 60.2 cm³/mol. The summed E-state index contributed by atoms with van der Waals surface area (Å²) in [5.41, 5.74) is 1.02. The number of methoxy groups -OCH3 is 1. The summed E-state index contributed by atoms with van der Waals surface area (Å²) in [7, 11) is 1.61. The highest BCUT2D eigenvalue weighted by molar-refractivity contribution is 5.40. The van der Waals surface area contributed by atoms with E-state index in [0.29, 0.717) is 17.4 Å². The van der Waals surface area contributed by atoms with Gasteiger partial charge in [-0.3, -0.25) is 0 Å². The zero-order valence-corrected chi connectivity index (χ0v) is 8.94. The summed E-state index contributed by atoms with van der Waals surface area (Å²) < 4.78 is 5.05. The Hall–Kier alpha value is -1.44. The molecule has 0 heterocycles. The lowest BCUT2D eigenvalue weighted by Crippen LogP contribution is -1.99. The van der Waals surface area contributed by atoms with Gasteiger partial charge in [-0.05, 0) is 36.8 Å². The van der Waals surface area contributed by atoms with Crippen molar-refractivity contribution in [2.45, 2.75) is 19.3 Å². The molecule has 0 spiro atoms. The van der Waals surface area contributed by atoms with Crippen LogP contribution in [0.1, 0.15) is 18.4 Å². The maximum absolute atomic E-state index is 9.78. The molecule has 1 aromatic carbocycles. The number of benzene rings is 1. The minimum atomic E-state index is 0.348. The monoisotopic (exact) mass is 204 g/mol. The first-order valence-electron chi connectivity index (χ1n) is 5.30. The summed E-state index contributed by atoms with van der Waals surface area (Å²) >= 11 is 0. The Morgan fingerprint density at radius 1 is 1.33 bits per heavy atom. The lowest BCUT2D eigenvalue weighted by molar-refractivity contribution is 0.405. The van der Waals surface area contributed by atoms with Gasteiger partial charge in [-0.2, -0.15) is 0 Å². The van der Waals surface area contributed by atoms with E-state index in [9.17, 15) is 5.11 Å². The van der Waals surface area contributed by atoms with E-state index in [1.165, 1.54) is 0 Å². The van der Waals surface area contributed by atoms with Gasteiger partial charge in [0.15, 0.2) is 0 Å². The molecule has 2 nitrogen and oxygen atoms in total. The van der Waals surface area contributed by atoms with E-state index in [1.54, 1.807) is 13.2 Å². The first-order valence-corrected chi connectivity index (χ1v) is 5.30. The maximum atomic E-state index is 9.78. The Kier molecular flexibility index (Phi) is 2.95. The summed E-state index contributed by atoms with van der Waals surface area (Å²) in [4.78, 5) is 0. The van der Waals surface area contributed by atoms with Gasteiger partial charge in [0.05, 0.1) is 7.11 Å². The molecule has 1 aliphatic rings. The topological polar surface area (TPSA) is 29.5 Å². The van der Waals surface area contributed by atoms with Crippen LogP contribution in [-0.2, 0) is 6.42 Å². The molecule has 1 N–H and O–H groups in total. The summed E-state index contributed by atoms with van der Waals surface area (Å²) in [6.45, 7) is 0. The van der Waals surface area contributed by atoms with Crippen LogP contribution >= 0.6 is 0 Å². The molecular formula is C13H16O2. The summed E-state index contributed by atoms with van der Waals surface area (Å²) in [6.07, 6.45) is 7.64. The lowest BCUT2D eigenvalue weighted by Gasteiger charge is -2.11. The molecular weight excluding hydrogens is 188 g/mol. The van der Waals surface area contributed by atoms with Crippen LogP contribution in [0.3, 0.4) is 0 Å². The van der Waals surface area contributed by atoms with Gasteiger partial charge in [0.1, 0.15) is 11.5 Å². The predicted octanol–water partition coefficient (Wildman–Crippen LogP) is 2.91. The molecule has 0 fully saturated rings. The number of phenolic OH excluding ortho intramolecular Hbond substituents is 1. The van der Waals surface area contributed by atoms with Crippen molar-refractivity contribution in [1.29, 1.82) is 0 Å². The SMILES string of the molecule is COc1ccc(CC2CC=CC2)c(O)c1. The standard InChI is InChI=1S/C13H16O2/c1-15-12-7-6-11(13(14)9-12)8-10-4-2-3-5-10/h2-3,6-7,9-10,14H,4-5,8H2,1H3. The van der Waals surface area contributed by atoms with Crippen LogP contribution in [0.4, 0.5) is 0 Å². The van der Waals surface area contributed by atoms with E-state index in [1.807, 2.05) is 12.1 Å². The van der Waals surface area contributed by atoms with Gasteiger partial charge in [0.2, 0.25) is 0 Å². The number of aromatic hydroxyl groups is 1. The molecule has 2 rings (SSSR count). The van der Waals surface area contributed by atoms with Crippen LogP contribution in [-0.4, -0.2) is 12.2 Å². The molecule has 0 atom stereocenters. The van der Waals surface area contributed by atoms with Crippen LogP contribution < -0.4 is 4.74 Å². The second-order valence-corrected chi connectivity index (χ2v) is 4.01. The van der Waals surface area contributed by atoms with Gasteiger partial charge in [-0.25, -0.2) is 0 Å². The maximum Gasteiger partial charge on any atom is 0.122 e. The lowest BCUT2D eigenvalue weighted by atomic mass is 9.97. The van der Waals surface area contributed by atoms with E-state index >= 15 is 0 Å². The molecule has 0 saturated heterocycles. The van der Waals surface area contributed by atoms with Crippen molar-refractivity contribution < 1.29 is 9.84 Å². The molecule has 15 heavy (non-hydrogen) atoms. The first-order chi connectivity index (χ1) is 7.29. The number of hydrogen-bond acceptors (Lipinski definition) is 2. The third-order valence-electron chi connectivity index (χ3n) is 2.91. The molecule has 1 aliphatic carbocycles. The number of ether oxygens (including phenoxy) is 1. The van der Waals surface area contributed by atoms with Crippen LogP contribution in [0.15, 0.2) is 30.4 Å². The third kappa shape index (κ3) is 2.32.